The van der Waals surface area contributed by atoms with Gasteiger partial charge in [0.05, 0.1) is 12.4 Å². The van der Waals surface area contributed by atoms with Gasteiger partial charge in [-0.3, -0.25) is 9.36 Å². The smallest absolute Gasteiger partial charge is 0.269 e. The van der Waals surface area contributed by atoms with E-state index in [1.54, 1.807) is 11.6 Å². The summed E-state index contributed by atoms with van der Waals surface area (Å²) in [6.07, 6.45) is 0. The molecule has 1 saturated heterocycles. The number of thiol groups is 1. The first-order chi connectivity index (χ1) is 9.51. The predicted octanol–water partition coefficient (Wildman–Crippen LogP) is 2.97. The van der Waals surface area contributed by atoms with E-state index in [0.717, 1.165) is 0 Å². The van der Waals surface area contributed by atoms with E-state index in [9.17, 15) is 9.36 Å². The van der Waals surface area contributed by atoms with Crippen LogP contribution in [-0.2, 0) is 13.9 Å². The molecule has 1 heterocycles. The van der Waals surface area contributed by atoms with Gasteiger partial charge in [0.25, 0.3) is 7.52 Å². The molecule has 1 atom stereocenters. The average molecular weight is 326 g/mol. The van der Waals surface area contributed by atoms with E-state index in [0.29, 0.717) is 32.8 Å². The van der Waals surface area contributed by atoms with Crippen LogP contribution < -0.4 is 0 Å². The molecule has 1 aliphatic heterocycles. The minimum absolute atomic E-state index is 0.0327. The molecule has 20 heavy (non-hydrogen) atoms. The highest BCUT2D eigenvalue weighted by Crippen LogP contribution is 2.46. The lowest BCUT2D eigenvalue weighted by Crippen LogP contribution is -2.47. The van der Waals surface area contributed by atoms with Crippen LogP contribution in [0.15, 0.2) is 0 Å². The molecular formula is C13H31N2O3PS. The van der Waals surface area contributed by atoms with Crippen molar-refractivity contribution in [2.45, 2.75) is 34.6 Å². The molecule has 0 saturated carbocycles. The van der Waals surface area contributed by atoms with Crippen molar-refractivity contribution < 1.29 is 13.9 Å². The number of carbonyl (C=O) groups excluding carboxylic acids is 1. The first kappa shape index (κ1) is 22.3. The fraction of sp³-hybridized carbons (Fsp3) is 0.923. The average Bonchev–Trinajstić information content (AvgIpc) is 2.50. The van der Waals surface area contributed by atoms with E-state index in [1.807, 2.05) is 39.3 Å². The largest absolute Gasteiger partial charge is 0.339 e. The zero-order valence-corrected chi connectivity index (χ0v) is 15.5. The highest BCUT2D eigenvalue weighted by molar-refractivity contribution is 7.81. The molecule has 0 aromatic carbocycles. The second-order valence-electron chi connectivity index (χ2n) is 3.71. The second-order valence-corrected chi connectivity index (χ2v) is 6.46. The summed E-state index contributed by atoms with van der Waals surface area (Å²) >= 11 is 3.95. The highest BCUT2D eigenvalue weighted by Gasteiger charge is 2.30. The van der Waals surface area contributed by atoms with Crippen LogP contribution in [0.2, 0.25) is 0 Å². The number of nitrogens with zero attached hydrogens (tertiary/aromatic N) is 2. The van der Waals surface area contributed by atoms with Crippen molar-refractivity contribution in [2.75, 3.05) is 45.2 Å². The maximum absolute atomic E-state index is 12.1. The third kappa shape index (κ3) is 7.67. The van der Waals surface area contributed by atoms with Crippen LogP contribution in [0.5, 0.6) is 0 Å². The predicted molar refractivity (Wildman–Crippen MR) is 89.9 cm³/mol. The quantitative estimate of drug-likeness (QED) is 0.637. The monoisotopic (exact) mass is 326 g/mol. The lowest BCUT2D eigenvalue weighted by atomic mass is 10.3. The van der Waals surface area contributed by atoms with Gasteiger partial charge in [0.15, 0.2) is 0 Å². The van der Waals surface area contributed by atoms with Crippen molar-refractivity contribution in [3.63, 3.8) is 0 Å². The maximum Gasteiger partial charge on any atom is 0.269 e. The molecule has 1 rings (SSSR count). The molecule has 0 radical (unpaired) electrons. The molecule has 0 aromatic heterocycles. The summed E-state index contributed by atoms with van der Waals surface area (Å²) in [5, 5.41) is 0. The fourth-order valence-corrected chi connectivity index (χ4v) is 3.48. The van der Waals surface area contributed by atoms with E-state index in [2.05, 4.69) is 12.6 Å². The summed E-state index contributed by atoms with van der Waals surface area (Å²) < 4.78 is 19.2. The van der Waals surface area contributed by atoms with Gasteiger partial charge in [-0.25, -0.2) is 4.67 Å². The number of rotatable bonds is 4. The SMILES string of the molecule is CC.CC.CCOP(C)(=O)N1CCN(C(=O)CS)CC1. The fourth-order valence-electron chi connectivity index (χ4n) is 1.73. The molecule has 5 nitrogen and oxygen atoms in total. The lowest BCUT2D eigenvalue weighted by molar-refractivity contribution is -0.129. The van der Waals surface area contributed by atoms with Crippen LogP contribution in [0.25, 0.3) is 0 Å². The van der Waals surface area contributed by atoms with Gasteiger partial charge in [-0.15, -0.1) is 0 Å². The first-order valence-corrected chi connectivity index (χ1v) is 10.0. The van der Waals surface area contributed by atoms with E-state index >= 15 is 0 Å². The third-order valence-corrected chi connectivity index (χ3v) is 5.06. The Kier molecular flexibility index (Phi) is 14.1. The summed E-state index contributed by atoms with van der Waals surface area (Å²) in [6, 6.07) is 0. The standard InChI is InChI=1S/C9H19N2O3PS.2C2H6/c1-3-14-15(2,13)11-6-4-10(5-7-11)9(12)8-16;2*1-2/h16H,3-8H2,1-2H3;2*1-2H3. The number of carbonyl (C=O) groups is 1. The molecule has 0 N–H and O–H groups in total. The van der Waals surface area contributed by atoms with Crippen molar-refractivity contribution in [2.24, 2.45) is 0 Å². The van der Waals surface area contributed by atoms with Crippen LogP contribution in [0.1, 0.15) is 34.6 Å². The van der Waals surface area contributed by atoms with Gasteiger partial charge >= 0.3 is 0 Å². The topological polar surface area (TPSA) is 49.9 Å². The lowest BCUT2D eigenvalue weighted by Gasteiger charge is -2.36. The van der Waals surface area contributed by atoms with Crippen LogP contribution in [-0.4, -0.2) is 60.7 Å². The molecular weight excluding hydrogens is 295 g/mol. The number of piperazine rings is 1. The Balaban J connectivity index is 0. The zero-order valence-electron chi connectivity index (χ0n) is 13.8. The molecule has 0 aliphatic carbocycles. The summed E-state index contributed by atoms with van der Waals surface area (Å²) in [5.41, 5.74) is 0. The maximum atomic E-state index is 12.1. The van der Waals surface area contributed by atoms with Crippen LogP contribution in [0.4, 0.5) is 0 Å². The number of amides is 1. The highest BCUT2D eigenvalue weighted by atomic mass is 32.1. The van der Waals surface area contributed by atoms with Crippen molar-refractivity contribution >= 4 is 26.1 Å². The summed E-state index contributed by atoms with van der Waals surface area (Å²) in [5.74, 6) is 0.264. The molecule has 0 bridgehead atoms. The number of hydrogen-bond donors (Lipinski definition) is 1. The van der Waals surface area contributed by atoms with Gasteiger partial charge in [0.2, 0.25) is 5.91 Å². The van der Waals surface area contributed by atoms with E-state index in [-0.39, 0.29) is 11.7 Å². The number of hydrogen-bond acceptors (Lipinski definition) is 4. The molecule has 7 heteroatoms. The van der Waals surface area contributed by atoms with Crippen LogP contribution >= 0.6 is 20.1 Å². The van der Waals surface area contributed by atoms with Crippen LogP contribution in [0, 0.1) is 0 Å². The van der Waals surface area contributed by atoms with E-state index < -0.39 is 7.52 Å². The van der Waals surface area contributed by atoms with Crippen LogP contribution in [0.3, 0.4) is 0 Å². The van der Waals surface area contributed by atoms with Crippen molar-refractivity contribution in [1.29, 1.82) is 0 Å². The second kappa shape index (κ2) is 12.7. The third-order valence-electron chi connectivity index (χ3n) is 2.63. The van der Waals surface area contributed by atoms with Gasteiger partial charge < -0.3 is 9.42 Å². The van der Waals surface area contributed by atoms with Gasteiger partial charge in [-0.05, 0) is 6.92 Å². The van der Waals surface area contributed by atoms with Gasteiger partial charge in [-0.1, -0.05) is 27.7 Å². The molecule has 1 amide bonds. The van der Waals surface area contributed by atoms with Crippen molar-refractivity contribution in [3.05, 3.63) is 0 Å². The summed E-state index contributed by atoms with van der Waals surface area (Å²) in [4.78, 5) is 13.1. The first-order valence-electron chi connectivity index (χ1n) is 7.37. The summed E-state index contributed by atoms with van der Waals surface area (Å²) in [6.45, 7) is 14.3. The molecule has 0 spiro atoms. The Morgan fingerprint density at radius 2 is 1.60 bits per heavy atom. The Morgan fingerprint density at radius 1 is 1.15 bits per heavy atom. The van der Waals surface area contributed by atoms with Crippen molar-refractivity contribution in [3.8, 4) is 0 Å². The van der Waals surface area contributed by atoms with E-state index in [4.69, 9.17) is 4.52 Å². The molecule has 1 aliphatic rings. The van der Waals surface area contributed by atoms with Gasteiger partial charge in [-0.2, -0.15) is 12.6 Å². The normalized spacial score (nSPS) is 18.1. The van der Waals surface area contributed by atoms with Gasteiger partial charge in [0.1, 0.15) is 0 Å². The molecule has 1 fully saturated rings. The molecule has 122 valence electrons. The Morgan fingerprint density at radius 3 is 1.95 bits per heavy atom. The Labute approximate surface area is 130 Å². The Bertz CT molecular complexity index is 295. The minimum atomic E-state index is -2.66. The Hall–Kier alpha value is -0.0300. The van der Waals surface area contributed by atoms with Crippen molar-refractivity contribution in [1.82, 2.24) is 9.57 Å². The van der Waals surface area contributed by atoms with E-state index in [1.165, 1.54) is 0 Å². The molecule has 1 unspecified atom stereocenters. The minimum Gasteiger partial charge on any atom is -0.339 e. The van der Waals surface area contributed by atoms with Gasteiger partial charge in [0, 0.05) is 32.8 Å². The molecule has 0 aromatic rings. The summed E-state index contributed by atoms with van der Waals surface area (Å²) in [7, 11) is -2.66. The zero-order chi connectivity index (χ0) is 16.2.